The van der Waals surface area contributed by atoms with Gasteiger partial charge in [-0.1, -0.05) is 172 Å². The summed E-state index contributed by atoms with van der Waals surface area (Å²) in [5.74, 6) is 0. The Hall–Kier alpha value is -6.18. The largest absolute Gasteiger partial charge is 0.310 e. The monoisotopic (exact) mass is 667 g/mol. The molecule has 8 aromatic rings. The summed E-state index contributed by atoms with van der Waals surface area (Å²) in [4.78, 5) is 2.45. The van der Waals surface area contributed by atoms with Crippen molar-refractivity contribution in [1.82, 2.24) is 0 Å². The van der Waals surface area contributed by atoms with Crippen molar-refractivity contribution in [3.63, 3.8) is 0 Å². The lowest BCUT2D eigenvalue weighted by atomic mass is 9.82. The minimum Gasteiger partial charge on any atom is -0.310 e. The molecule has 52 heavy (non-hydrogen) atoms. The molecule has 0 spiro atoms. The standard InChI is InChI=1S/C51H41N/c1-4-35-20-15-26-46-50(35)45-33-32-41(34-47(45)51(46,2)3)52(48-27-12-11-23-42(48)36-16-7-5-8-17-36)40-30-28-38(29-31-40)44-25-14-22-39-21-13-24-43(49(39)44)37-18-9-6-10-19-37/h5-34H,4H2,1-3H3. The quantitative estimate of drug-likeness (QED) is 0.163. The van der Waals surface area contributed by atoms with E-state index in [-0.39, 0.29) is 5.41 Å². The Bertz CT molecular complexity index is 2560. The Kier molecular flexibility index (Phi) is 7.86. The third-order valence-electron chi connectivity index (χ3n) is 11.1. The number of benzene rings is 8. The van der Waals surface area contributed by atoms with E-state index in [1.54, 1.807) is 0 Å². The summed E-state index contributed by atoms with van der Waals surface area (Å²) in [5, 5.41) is 2.52. The van der Waals surface area contributed by atoms with Crippen LogP contribution in [0.25, 0.3) is 55.3 Å². The Morgan fingerprint density at radius 2 is 1.00 bits per heavy atom. The molecule has 0 radical (unpaired) electrons. The van der Waals surface area contributed by atoms with Crippen molar-refractivity contribution in [2.45, 2.75) is 32.6 Å². The molecule has 0 N–H and O–H groups in total. The number of para-hydroxylation sites is 1. The van der Waals surface area contributed by atoms with Gasteiger partial charge in [-0.15, -0.1) is 0 Å². The number of hydrogen-bond donors (Lipinski definition) is 0. The van der Waals surface area contributed by atoms with Gasteiger partial charge in [0.05, 0.1) is 5.69 Å². The summed E-state index contributed by atoms with van der Waals surface area (Å²) in [7, 11) is 0. The van der Waals surface area contributed by atoms with Crippen LogP contribution in [0.2, 0.25) is 0 Å². The Labute approximate surface area is 307 Å². The third-order valence-corrected chi connectivity index (χ3v) is 11.1. The molecule has 0 aromatic heterocycles. The summed E-state index contributed by atoms with van der Waals surface area (Å²) in [5.41, 5.74) is 17.6. The summed E-state index contributed by atoms with van der Waals surface area (Å²) < 4.78 is 0. The molecule has 1 aliphatic rings. The van der Waals surface area contributed by atoms with E-state index in [1.165, 1.54) is 72.0 Å². The van der Waals surface area contributed by atoms with Gasteiger partial charge in [-0.2, -0.15) is 0 Å². The van der Waals surface area contributed by atoms with E-state index in [1.807, 2.05) is 0 Å². The molecule has 1 nitrogen and oxygen atoms in total. The van der Waals surface area contributed by atoms with E-state index in [0.29, 0.717) is 0 Å². The predicted molar refractivity (Wildman–Crippen MR) is 222 cm³/mol. The molecule has 0 amide bonds. The minimum absolute atomic E-state index is 0.106. The number of aryl methyl sites for hydroxylation is 1. The van der Waals surface area contributed by atoms with Crippen molar-refractivity contribution in [3.8, 4) is 44.5 Å². The topological polar surface area (TPSA) is 3.24 Å². The molecule has 8 aromatic carbocycles. The van der Waals surface area contributed by atoms with Gasteiger partial charge in [0.15, 0.2) is 0 Å². The van der Waals surface area contributed by atoms with Crippen molar-refractivity contribution in [2.24, 2.45) is 0 Å². The average molecular weight is 668 g/mol. The highest BCUT2D eigenvalue weighted by Gasteiger charge is 2.37. The summed E-state index contributed by atoms with van der Waals surface area (Å²) >= 11 is 0. The Balaban J connectivity index is 1.22. The molecule has 0 atom stereocenters. The van der Waals surface area contributed by atoms with Crippen molar-refractivity contribution >= 4 is 27.8 Å². The van der Waals surface area contributed by atoms with E-state index < -0.39 is 0 Å². The first kappa shape index (κ1) is 31.8. The normalized spacial score (nSPS) is 12.8. The van der Waals surface area contributed by atoms with Gasteiger partial charge >= 0.3 is 0 Å². The third kappa shape index (κ3) is 5.24. The fourth-order valence-corrected chi connectivity index (χ4v) is 8.47. The maximum Gasteiger partial charge on any atom is 0.0540 e. The highest BCUT2D eigenvalue weighted by Crippen LogP contribution is 2.52. The van der Waals surface area contributed by atoms with Crippen LogP contribution in [0, 0.1) is 0 Å². The van der Waals surface area contributed by atoms with Crippen molar-refractivity contribution in [1.29, 1.82) is 0 Å². The average Bonchev–Trinajstić information content (AvgIpc) is 3.44. The second kappa shape index (κ2) is 12.9. The number of anilines is 3. The second-order valence-electron chi connectivity index (χ2n) is 14.4. The van der Waals surface area contributed by atoms with Gasteiger partial charge in [0.1, 0.15) is 0 Å². The van der Waals surface area contributed by atoms with Gasteiger partial charge in [0.25, 0.3) is 0 Å². The fourth-order valence-electron chi connectivity index (χ4n) is 8.47. The molecule has 250 valence electrons. The van der Waals surface area contributed by atoms with Gasteiger partial charge in [0.2, 0.25) is 0 Å². The molecule has 0 fully saturated rings. The predicted octanol–water partition coefficient (Wildman–Crippen LogP) is 14.2. The van der Waals surface area contributed by atoms with E-state index in [2.05, 4.69) is 208 Å². The van der Waals surface area contributed by atoms with Crippen LogP contribution in [0.5, 0.6) is 0 Å². The van der Waals surface area contributed by atoms with E-state index in [9.17, 15) is 0 Å². The van der Waals surface area contributed by atoms with Gasteiger partial charge in [-0.3, -0.25) is 0 Å². The van der Waals surface area contributed by atoms with Crippen molar-refractivity contribution in [3.05, 3.63) is 199 Å². The first-order valence-corrected chi connectivity index (χ1v) is 18.4. The van der Waals surface area contributed by atoms with Crippen molar-refractivity contribution in [2.75, 3.05) is 4.90 Å². The van der Waals surface area contributed by atoms with Crippen LogP contribution in [0.4, 0.5) is 17.1 Å². The van der Waals surface area contributed by atoms with Crippen LogP contribution < -0.4 is 4.90 Å². The lowest BCUT2D eigenvalue weighted by molar-refractivity contribution is 0.660. The van der Waals surface area contributed by atoms with Crippen LogP contribution in [-0.2, 0) is 11.8 Å². The smallest absolute Gasteiger partial charge is 0.0540 e. The van der Waals surface area contributed by atoms with E-state index in [0.717, 1.165) is 23.5 Å². The Morgan fingerprint density at radius 3 is 1.67 bits per heavy atom. The van der Waals surface area contributed by atoms with Gasteiger partial charge in [-0.25, -0.2) is 0 Å². The molecule has 1 heteroatoms. The summed E-state index contributed by atoms with van der Waals surface area (Å²) in [6.45, 7) is 7.03. The highest BCUT2D eigenvalue weighted by molar-refractivity contribution is 6.06. The lowest BCUT2D eigenvalue weighted by Crippen LogP contribution is -2.17. The molecule has 0 heterocycles. The SMILES string of the molecule is CCc1cccc2c1-c1ccc(N(c3ccc(-c4cccc5cccc(-c6ccccc6)c45)cc3)c3ccccc3-c3ccccc3)cc1C2(C)C. The molecule has 0 saturated heterocycles. The zero-order valence-electron chi connectivity index (χ0n) is 30.0. The van der Waals surface area contributed by atoms with E-state index >= 15 is 0 Å². The van der Waals surface area contributed by atoms with Crippen LogP contribution >= 0.6 is 0 Å². The van der Waals surface area contributed by atoms with Crippen LogP contribution in [-0.4, -0.2) is 0 Å². The van der Waals surface area contributed by atoms with Crippen LogP contribution in [0.1, 0.15) is 37.5 Å². The Morgan fingerprint density at radius 1 is 0.442 bits per heavy atom. The molecule has 0 unspecified atom stereocenters. The molecular formula is C51H41N. The number of hydrogen-bond acceptors (Lipinski definition) is 1. The highest BCUT2D eigenvalue weighted by atomic mass is 15.1. The fraction of sp³-hybridized carbons (Fsp3) is 0.0980. The molecule has 9 rings (SSSR count). The number of nitrogens with zero attached hydrogens (tertiary/aromatic N) is 1. The maximum atomic E-state index is 2.45. The first-order chi connectivity index (χ1) is 25.5. The van der Waals surface area contributed by atoms with E-state index in [4.69, 9.17) is 0 Å². The zero-order valence-corrected chi connectivity index (χ0v) is 30.0. The van der Waals surface area contributed by atoms with Gasteiger partial charge in [0, 0.05) is 22.4 Å². The molecule has 0 bridgehead atoms. The summed E-state index contributed by atoms with van der Waals surface area (Å²) in [6, 6.07) is 66.7. The molecular weight excluding hydrogens is 627 g/mol. The van der Waals surface area contributed by atoms with Crippen LogP contribution in [0.15, 0.2) is 182 Å². The molecule has 0 saturated carbocycles. The van der Waals surface area contributed by atoms with Crippen molar-refractivity contribution < 1.29 is 0 Å². The molecule has 1 aliphatic carbocycles. The van der Waals surface area contributed by atoms with Gasteiger partial charge in [-0.05, 0) is 103 Å². The second-order valence-corrected chi connectivity index (χ2v) is 14.4. The lowest BCUT2D eigenvalue weighted by Gasteiger charge is -2.30. The number of rotatable bonds is 7. The number of fused-ring (bicyclic) bond motifs is 4. The minimum atomic E-state index is -0.106. The zero-order chi connectivity index (χ0) is 35.2. The first-order valence-electron chi connectivity index (χ1n) is 18.4. The maximum absolute atomic E-state index is 2.45. The summed E-state index contributed by atoms with van der Waals surface area (Å²) in [6.07, 6.45) is 1.02. The van der Waals surface area contributed by atoms with Crippen LogP contribution in [0.3, 0.4) is 0 Å². The van der Waals surface area contributed by atoms with Gasteiger partial charge < -0.3 is 4.90 Å². The molecule has 0 aliphatic heterocycles.